The van der Waals surface area contributed by atoms with E-state index in [9.17, 15) is 20.0 Å². The molecule has 2 aromatic carbocycles. The van der Waals surface area contributed by atoms with Crippen LogP contribution in [0.1, 0.15) is 38.2 Å². The van der Waals surface area contributed by atoms with E-state index in [0.29, 0.717) is 5.75 Å². The molecule has 0 aliphatic rings. The van der Waals surface area contributed by atoms with E-state index in [1.807, 2.05) is 37.3 Å². The number of pyridine rings is 1. The van der Waals surface area contributed by atoms with Crippen molar-refractivity contribution in [1.82, 2.24) is 4.57 Å². The van der Waals surface area contributed by atoms with Gasteiger partial charge in [0.2, 0.25) is 5.88 Å². The molecule has 0 aliphatic heterocycles. The highest BCUT2D eigenvalue weighted by molar-refractivity contribution is 6.11. The number of carbonyl (C=O) groups is 1. The van der Waals surface area contributed by atoms with Crippen LogP contribution in [-0.2, 0) is 6.54 Å². The molecule has 0 saturated heterocycles. The summed E-state index contributed by atoms with van der Waals surface area (Å²) >= 11 is 0. The first-order valence-corrected chi connectivity index (χ1v) is 8.98. The van der Waals surface area contributed by atoms with Crippen molar-refractivity contribution in [2.45, 2.75) is 20.4 Å². The van der Waals surface area contributed by atoms with Crippen molar-refractivity contribution >= 4 is 5.78 Å². The highest BCUT2D eigenvalue weighted by Crippen LogP contribution is 2.26. The third-order valence-electron chi connectivity index (χ3n) is 4.82. The summed E-state index contributed by atoms with van der Waals surface area (Å²) in [7, 11) is 1.49. The number of ketones is 1. The van der Waals surface area contributed by atoms with E-state index in [-0.39, 0.29) is 28.8 Å². The number of carbonyl (C=O) groups excluding carboxylic acids is 1. The third-order valence-corrected chi connectivity index (χ3v) is 4.82. The molecule has 0 atom stereocenters. The van der Waals surface area contributed by atoms with Crippen LogP contribution in [-0.4, -0.2) is 22.6 Å². The molecular formula is C23H20N2O4. The molecule has 0 unspecified atom stereocenters. The maximum Gasteiger partial charge on any atom is 0.271 e. The summed E-state index contributed by atoms with van der Waals surface area (Å²) in [5, 5.41) is 20.3. The predicted octanol–water partition coefficient (Wildman–Crippen LogP) is 3.33. The Balaban J connectivity index is 2.19. The van der Waals surface area contributed by atoms with Gasteiger partial charge in [0.15, 0.2) is 5.78 Å². The van der Waals surface area contributed by atoms with Gasteiger partial charge >= 0.3 is 0 Å². The number of nitriles is 1. The molecule has 29 heavy (non-hydrogen) atoms. The number of aromatic hydroxyl groups is 1. The lowest BCUT2D eigenvalue weighted by Crippen LogP contribution is -2.27. The van der Waals surface area contributed by atoms with Crippen molar-refractivity contribution in [1.29, 1.82) is 5.26 Å². The van der Waals surface area contributed by atoms with Crippen LogP contribution in [0.2, 0.25) is 0 Å². The van der Waals surface area contributed by atoms with Crippen molar-refractivity contribution in [3.05, 3.63) is 92.3 Å². The van der Waals surface area contributed by atoms with Gasteiger partial charge in [-0.05, 0) is 37.1 Å². The van der Waals surface area contributed by atoms with E-state index < -0.39 is 17.2 Å². The minimum absolute atomic E-state index is 0.0400. The number of nitrogens with zero attached hydrogens (tertiary/aromatic N) is 2. The third kappa shape index (κ3) is 3.76. The molecule has 3 aromatic rings. The Bertz CT molecular complexity index is 1190. The Morgan fingerprint density at radius 3 is 2.48 bits per heavy atom. The molecule has 1 aromatic heterocycles. The Hall–Kier alpha value is -3.85. The Labute approximate surface area is 168 Å². The van der Waals surface area contributed by atoms with E-state index in [4.69, 9.17) is 4.74 Å². The lowest BCUT2D eigenvalue weighted by atomic mass is 9.97. The fraction of sp³-hybridized carbons (Fsp3) is 0.174. The van der Waals surface area contributed by atoms with E-state index in [0.717, 1.165) is 15.7 Å². The van der Waals surface area contributed by atoms with Gasteiger partial charge in [-0.3, -0.25) is 14.2 Å². The first kappa shape index (κ1) is 19.9. The Kier molecular flexibility index (Phi) is 5.51. The second-order valence-electron chi connectivity index (χ2n) is 6.75. The highest BCUT2D eigenvalue weighted by atomic mass is 16.5. The second kappa shape index (κ2) is 8.03. The van der Waals surface area contributed by atoms with Crippen molar-refractivity contribution in [2.75, 3.05) is 7.11 Å². The summed E-state index contributed by atoms with van der Waals surface area (Å²) in [6.45, 7) is 3.47. The number of methoxy groups -OCH3 is 1. The van der Waals surface area contributed by atoms with Crippen molar-refractivity contribution in [3.8, 4) is 17.7 Å². The van der Waals surface area contributed by atoms with Crippen LogP contribution in [0, 0.1) is 25.2 Å². The van der Waals surface area contributed by atoms with Gasteiger partial charge < -0.3 is 9.84 Å². The molecule has 0 aliphatic carbocycles. The maximum absolute atomic E-state index is 13.1. The zero-order valence-electron chi connectivity index (χ0n) is 16.4. The molecule has 1 N–H and O–H groups in total. The molecule has 6 nitrogen and oxygen atoms in total. The Morgan fingerprint density at radius 1 is 1.17 bits per heavy atom. The average Bonchev–Trinajstić information content (AvgIpc) is 2.73. The molecule has 0 fully saturated rings. The SMILES string of the molecule is COc1cccc(C(=O)c2c(C)c(C#N)c(=O)n(Cc3ccc(C)cc3)c2O)c1. The van der Waals surface area contributed by atoms with Gasteiger partial charge in [-0.15, -0.1) is 0 Å². The van der Waals surface area contributed by atoms with Crippen molar-refractivity contribution < 1.29 is 14.6 Å². The van der Waals surface area contributed by atoms with E-state index >= 15 is 0 Å². The number of rotatable bonds is 5. The van der Waals surface area contributed by atoms with Gasteiger partial charge in [0.05, 0.1) is 19.2 Å². The van der Waals surface area contributed by atoms with Crippen LogP contribution in [0.25, 0.3) is 0 Å². The molecule has 1 heterocycles. The van der Waals surface area contributed by atoms with Crippen LogP contribution in [0.5, 0.6) is 11.6 Å². The molecule has 3 rings (SSSR count). The first-order chi connectivity index (χ1) is 13.9. The van der Waals surface area contributed by atoms with E-state index in [1.165, 1.54) is 14.0 Å². The monoisotopic (exact) mass is 388 g/mol. The van der Waals surface area contributed by atoms with Gasteiger partial charge in [0, 0.05) is 5.56 Å². The van der Waals surface area contributed by atoms with Gasteiger partial charge in [-0.2, -0.15) is 5.26 Å². The van der Waals surface area contributed by atoms with Crippen molar-refractivity contribution in [3.63, 3.8) is 0 Å². The van der Waals surface area contributed by atoms with Gasteiger partial charge in [-0.25, -0.2) is 0 Å². The number of hydrogen-bond donors (Lipinski definition) is 1. The smallest absolute Gasteiger partial charge is 0.271 e. The van der Waals surface area contributed by atoms with Gasteiger partial charge in [-0.1, -0.05) is 42.0 Å². The molecular weight excluding hydrogens is 368 g/mol. The molecule has 0 radical (unpaired) electrons. The minimum atomic E-state index is -0.634. The molecule has 0 spiro atoms. The quantitative estimate of drug-likeness (QED) is 0.677. The lowest BCUT2D eigenvalue weighted by Gasteiger charge is -2.16. The fourth-order valence-electron chi connectivity index (χ4n) is 3.15. The highest BCUT2D eigenvalue weighted by Gasteiger charge is 2.25. The summed E-state index contributed by atoms with van der Waals surface area (Å²) < 4.78 is 6.21. The molecule has 6 heteroatoms. The fourth-order valence-corrected chi connectivity index (χ4v) is 3.15. The number of aryl methyl sites for hydroxylation is 1. The molecule has 0 saturated carbocycles. The van der Waals surface area contributed by atoms with Crippen LogP contribution < -0.4 is 10.3 Å². The zero-order chi connectivity index (χ0) is 21.1. The average molecular weight is 388 g/mol. The number of hydrogen-bond acceptors (Lipinski definition) is 5. The van der Waals surface area contributed by atoms with Crippen molar-refractivity contribution in [2.24, 2.45) is 0 Å². The maximum atomic E-state index is 13.1. The molecule has 0 amide bonds. The van der Waals surface area contributed by atoms with Gasteiger partial charge in [0.25, 0.3) is 5.56 Å². The summed E-state index contributed by atoms with van der Waals surface area (Å²) in [6, 6.07) is 15.8. The van der Waals surface area contributed by atoms with E-state index in [2.05, 4.69) is 0 Å². The zero-order valence-corrected chi connectivity index (χ0v) is 16.4. The number of ether oxygens (including phenoxy) is 1. The van der Waals surface area contributed by atoms with Crippen LogP contribution in [0.3, 0.4) is 0 Å². The summed E-state index contributed by atoms with van der Waals surface area (Å²) in [4.78, 5) is 25.9. The lowest BCUT2D eigenvalue weighted by molar-refractivity contribution is 0.103. The standard InChI is InChI=1S/C23H20N2O4/c1-14-7-9-16(10-8-14)13-25-22(27)19(12-24)15(2)20(23(25)28)21(26)17-5-4-6-18(11-17)29-3/h4-11,28H,13H2,1-3H3. The summed E-state index contributed by atoms with van der Waals surface area (Å²) in [5.41, 5.74) is 1.39. The summed E-state index contributed by atoms with van der Waals surface area (Å²) in [6.07, 6.45) is 0. The molecule has 0 bridgehead atoms. The van der Waals surface area contributed by atoms with E-state index in [1.54, 1.807) is 24.3 Å². The van der Waals surface area contributed by atoms with Gasteiger partial charge in [0.1, 0.15) is 17.4 Å². The first-order valence-electron chi connectivity index (χ1n) is 8.98. The number of aromatic nitrogens is 1. The normalized spacial score (nSPS) is 10.4. The van der Waals surface area contributed by atoms with Crippen LogP contribution in [0.4, 0.5) is 0 Å². The Morgan fingerprint density at radius 2 is 1.86 bits per heavy atom. The topological polar surface area (TPSA) is 92.3 Å². The molecule has 146 valence electrons. The van der Waals surface area contributed by atoms with Crippen LogP contribution >= 0.6 is 0 Å². The predicted molar refractivity (Wildman–Crippen MR) is 109 cm³/mol. The summed E-state index contributed by atoms with van der Waals surface area (Å²) in [5.74, 6) is -0.463. The number of benzene rings is 2. The minimum Gasteiger partial charge on any atom is -0.497 e. The second-order valence-corrected chi connectivity index (χ2v) is 6.75. The van der Waals surface area contributed by atoms with Crippen LogP contribution in [0.15, 0.2) is 53.3 Å². The largest absolute Gasteiger partial charge is 0.497 e.